The Bertz CT molecular complexity index is 798. The molecule has 1 aromatic carbocycles. The highest BCUT2D eigenvalue weighted by atomic mass is 35.5. The zero-order valence-electron chi connectivity index (χ0n) is 14.1. The topological polar surface area (TPSA) is 66.5 Å². The molecule has 0 aromatic heterocycles. The van der Waals surface area contributed by atoms with Crippen molar-refractivity contribution in [3.63, 3.8) is 0 Å². The van der Waals surface area contributed by atoms with E-state index in [-0.39, 0.29) is 54.4 Å². The number of anilines is 1. The Morgan fingerprint density at radius 3 is 2.19 bits per heavy atom. The van der Waals surface area contributed by atoms with Crippen molar-refractivity contribution < 1.29 is 14.4 Å². The third-order valence-electron chi connectivity index (χ3n) is 6.44. The lowest BCUT2D eigenvalue weighted by molar-refractivity contribution is -0.140. The quantitative estimate of drug-likeness (QED) is 0.654. The Morgan fingerprint density at radius 2 is 1.62 bits per heavy atom. The van der Waals surface area contributed by atoms with Crippen LogP contribution in [0.1, 0.15) is 12.8 Å². The van der Waals surface area contributed by atoms with Crippen LogP contribution in [0.5, 0.6) is 0 Å². The lowest BCUT2D eigenvalue weighted by atomic mass is 9.63. The van der Waals surface area contributed by atoms with E-state index in [0.29, 0.717) is 22.5 Å². The van der Waals surface area contributed by atoms with Crippen LogP contribution in [-0.2, 0) is 14.4 Å². The van der Waals surface area contributed by atoms with E-state index in [1.54, 1.807) is 24.3 Å². The number of nitrogens with one attached hydrogen (secondary N) is 1. The average molecular weight is 371 g/mol. The molecule has 4 aliphatic carbocycles. The molecule has 1 aliphatic heterocycles. The van der Waals surface area contributed by atoms with Crippen LogP contribution in [0.4, 0.5) is 5.69 Å². The number of hydrogen-bond donors (Lipinski definition) is 1. The van der Waals surface area contributed by atoms with Crippen LogP contribution < -0.4 is 5.32 Å². The minimum absolute atomic E-state index is 0.0796. The van der Waals surface area contributed by atoms with Crippen molar-refractivity contribution in [2.24, 2.45) is 35.5 Å². The number of carbonyl (C=O) groups excluding carboxylic acids is 3. The van der Waals surface area contributed by atoms with Gasteiger partial charge in [-0.2, -0.15) is 0 Å². The zero-order valence-corrected chi connectivity index (χ0v) is 14.9. The van der Waals surface area contributed by atoms with Crippen molar-refractivity contribution in [2.45, 2.75) is 12.8 Å². The number of rotatable bonds is 4. The summed E-state index contributed by atoms with van der Waals surface area (Å²) in [5.41, 5.74) is 0.648. The van der Waals surface area contributed by atoms with Gasteiger partial charge in [0.25, 0.3) is 0 Å². The number of nitrogens with zero attached hydrogens (tertiary/aromatic N) is 1. The fourth-order valence-corrected chi connectivity index (χ4v) is 5.34. The molecule has 26 heavy (non-hydrogen) atoms. The highest BCUT2D eigenvalue weighted by Crippen LogP contribution is 2.65. The molecule has 6 atom stereocenters. The van der Waals surface area contributed by atoms with E-state index < -0.39 is 0 Å². The van der Waals surface area contributed by atoms with Gasteiger partial charge in [0.2, 0.25) is 17.7 Å². The van der Waals surface area contributed by atoms with Crippen molar-refractivity contribution in [1.29, 1.82) is 0 Å². The molecule has 1 aromatic rings. The zero-order chi connectivity index (χ0) is 18.0. The molecule has 5 nitrogen and oxygen atoms in total. The van der Waals surface area contributed by atoms with Gasteiger partial charge in [-0.3, -0.25) is 19.3 Å². The third-order valence-corrected chi connectivity index (χ3v) is 6.70. The summed E-state index contributed by atoms with van der Waals surface area (Å²) < 4.78 is 0. The SMILES string of the molecule is O=C(CCN1C(=O)[C@H]2[C@@H]3C=C[C@H]([C@H]4C[C@H]34)[C@@H]2C1=O)Nc1ccc(Cl)cc1. The Hall–Kier alpha value is -2.14. The molecule has 5 aliphatic rings. The molecule has 0 unspecified atom stereocenters. The second-order valence-corrected chi connectivity index (χ2v) is 8.22. The summed E-state index contributed by atoms with van der Waals surface area (Å²) in [7, 11) is 0. The molecule has 1 saturated heterocycles. The number of carbonyl (C=O) groups is 3. The first-order valence-electron chi connectivity index (χ1n) is 9.13. The molecule has 6 rings (SSSR count). The van der Waals surface area contributed by atoms with Crippen molar-refractivity contribution in [3.05, 3.63) is 41.4 Å². The molecule has 1 heterocycles. The van der Waals surface area contributed by atoms with E-state index in [0.717, 1.165) is 6.42 Å². The summed E-state index contributed by atoms with van der Waals surface area (Å²) in [5.74, 6) is 0.867. The first-order valence-corrected chi connectivity index (χ1v) is 9.51. The van der Waals surface area contributed by atoms with Gasteiger partial charge in [-0.05, 0) is 54.4 Å². The summed E-state index contributed by atoms with van der Waals surface area (Å²) in [6, 6.07) is 6.83. The highest BCUT2D eigenvalue weighted by molar-refractivity contribution is 6.30. The maximum atomic E-state index is 12.8. The minimum atomic E-state index is -0.216. The summed E-state index contributed by atoms with van der Waals surface area (Å²) in [6.45, 7) is 0.152. The van der Waals surface area contributed by atoms with Crippen LogP contribution >= 0.6 is 11.6 Å². The largest absolute Gasteiger partial charge is 0.326 e. The van der Waals surface area contributed by atoms with Crippen molar-refractivity contribution >= 4 is 35.0 Å². The van der Waals surface area contributed by atoms with Gasteiger partial charge in [-0.25, -0.2) is 0 Å². The second-order valence-electron chi connectivity index (χ2n) is 7.79. The Labute approximate surface area is 156 Å². The fourth-order valence-electron chi connectivity index (χ4n) is 5.21. The van der Waals surface area contributed by atoms with Gasteiger partial charge in [0.1, 0.15) is 0 Å². The van der Waals surface area contributed by atoms with E-state index >= 15 is 0 Å². The van der Waals surface area contributed by atoms with Crippen LogP contribution in [0.15, 0.2) is 36.4 Å². The maximum Gasteiger partial charge on any atom is 0.233 e. The van der Waals surface area contributed by atoms with E-state index in [2.05, 4.69) is 17.5 Å². The lowest BCUT2D eigenvalue weighted by Crippen LogP contribution is -2.40. The molecule has 3 fully saturated rings. The normalized spacial score (nSPS) is 36.1. The van der Waals surface area contributed by atoms with Gasteiger partial charge in [-0.1, -0.05) is 23.8 Å². The molecule has 1 N–H and O–H groups in total. The fraction of sp³-hybridized carbons (Fsp3) is 0.450. The molecule has 3 amide bonds. The summed E-state index contributed by atoms with van der Waals surface area (Å²) >= 11 is 5.83. The predicted molar refractivity (Wildman–Crippen MR) is 96.1 cm³/mol. The maximum absolute atomic E-state index is 12.8. The molecular formula is C20H19ClN2O3. The van der Waals surface area contributed by atoms with E-state index in [4.69, 9.17) is 11.6 Å². The number of allylic oxidation sites excluding steroid dienone is 2. The number of amides is 3. The third kappa shape index (κ3) is 2.33. The monoisotopic (exact) mass is 370 g/mol. The summed E-state index contributed by atoms with van der Waals surface area (Å²) in [5, 5.41) is 3.37. The molecule has 2 saturated carbocycles. The van der Waals surface area contributed by atoms with E-state index in [1.807, 2.05) is 0 Å². The van der Waals surface area contributed by atoms with Gasteiger partial charge in [0.15, 0.2) is 0 Å². The summed E-state index contributed by atoms with van der Waals surface area (Å²) in [4.78, 5) is 39.2. The van der Waals surface area contributed by atoms with Crippen LogP contribution in [0, 0.1) is 35.5 Å². The van der Waals surface area contributed by atoms with Crippen LogP contribution in [0.25, 0.3) is 0 Å². The molecule has 0 radical (unpaired) electrons. The number of benzene rings is 1. The Balaban J connectivity index is 1.24. The van der Waals surface area contributed by atoms with E-state index in [1.165, 1.54) is 4.90 Å². The number of hydrogen-bond acceptors (Lipinski definition) is 3. The Kier molecular flexibility index (Phi) is 3.51. The minimum Gasteiger partial charge on any atom is -0.326 e. The number of halogens is 1. The van der Waals surface area contributed by atoms with Crippen LogP contribution in [0.3, 0.4) is 0 Å². The highest BCUT2D eigenvalue weighted by Gasteiger charge is 2.66. The Morgan fingerprint density at radius 1 is 1.04 bits per heavy atom. The molecule has 2 bridgehead atoms. The van der Waals surface area contributed by atoms with Gasteiger partial charge >= 0.3 is 0 Å². The van der Waals surface area contributed by atoms with Gasteiger partial charge in [-0.15, -0.1) is 0 Å². The number of imide groups is 1. The molecule has 134 valence electrons. The smallest absolute Gasteiger partial charge is 0.233 e. The molecular weight excluding hydrogens is 352 g/mol. The first-order chi connectivity index (χ1) is 12.5. The van der Waals surface area contributed by atoms with Crippen molar-refractivity contribution in [2.75, 3.05) is 11.9 Å². The average Bonchev–Trinajstić information content (AvgIpc) is 3.41. The van der Waals surface area contributed by atoms with Crippen LogP contribution in [0.2, 0.25) is 5.02 Å². The van der Waals surface area contributed by atoms with Crippen molar-refractivity contribution in [1.82, 2.24) is 4.90 Å². The van der Waals surface area contributed by atoms with Gasteiger partial charge < -0.3 is 5.32 Å². The van der Waals surface area contributed by atoms with Gasteiger partial charge in [0.05, 0.1) is 11.8 Å². The lowest BCUT2D eigenvalue weighted by Gasteiger charge is -2.37. The molecule has 6 heteroatoms. The standard InChI is InChI=1S/C20H19ClN2O3/c21-10-1-3-11(4-2-10)22-16(24)7-8-23-19(25)17-12-5-6-13(15-9-14(12)15)18(17)20(23)26/h1-6,12-15,17-18H,7-9H2,(H,22,24)/t12-,13-,14-,15-,17+,18+/m1/s1. The van der Waals surface area contributed by atoms with Crippen molar-refractivity contribution in [3.8, 4) is 0 Å². The summed E-state index contributed by atoms with van der Waals surface area (Å²) in [6.07, 6.45) is 5.57. The predicted octanol–water partition coefficient (Wildman–Crippen LogP) is 2.72. The number of likely N-dealkylation sites (tertiary alicyclic amines) is 1. The second kappa shape index (κ2) is 5.68. The van der Waals surface area contributed by atoms with E-state index in [9.17, 15) is 14.4 Å². The van der Waals surface area contributed by atoms with Gasteiger partial charge in [0, 0.05) is 23.7 Å². The molecule has 0 spiro atoms. The first kappa shape index (κ1) is 16.1. The van der Waals surface area contributed by atoms with Crippen LogP contribution in [-0.4, -0.2) is 29.2 Å².